The van der Waals surface area contributed by atoms with Crippen LogP contribution in [0.4, 0.5) is 17.1 Å². The minimum absolute atomic E-state index is 0.879. The Morgan fingerprint density at radius 3 is 1.92 bits per heavy atom. The summed E-state index contributed by atoms with van der Waals surface area (Å²) in [5.74, 6) is 0. The van der Waals surface area contributed by atoms with Gasteiger partial charge >= 0.3 is 0 Å². The fourth-order valence-electron chi connectivity index (χ4n) is 7.36. The number of para-hydroxylation sites is 1. The van der Waals surface area contributed by atoms with Gasteiger partial charge in [-0.15, -0.1) is 11.3 Å². The third-order valence-electron chi connectivity index (χ3n) is 9.65. The van der Waals surface area contributed by atoms with Gasteiger partial charge in [-0.2, -0.15) is 0 Å². The first-order valence-electron chi connectivity index (χ1n) is 16.6. The van der Waals surface area contributed by atoms with Gasteiger partial charge in [-0.1, -0.05) is 115 Å². The predicted octanol–water partition coefficient (Wildman–Crippen LogP) is 13.9. The van der Waals surface area contributed by atoms with Gasteiger partial charge in [-0.3, -0.25) is 0 Å². The van der Waals surface area contributed by atoms with Crippen LogP contribution in [0.25, 0.3) is 75.1 Å². The molecule has 2 heterocycles. The van der Waals surface area contributed by atoms with Crippen molar-refractivity contribution >= 4 is 81.3 Å². The van der Waals surface area contributed by atoms with Crippen LogP contribution in [0.2, 0.25) is 0 Å². The van der Waals surface area contributed by atoms with Crippen molar-refractivity contribution in [2.24, 2.45) is 0 Å². The van der Waals surface area contributed by atoms with Crippen molar-refractivity contribution in [1.82, 2.24) is 0 Å². The van der Waals surface area contributed by atoms with Gasteiger partial charge in [-0.25, -0.2) is 0 Å². The first kappa shape index (κ1) is 27.9. The van der Waals surface area contributed by atoms with Crippen LogP contribution < -0.4 is 4.90 Å². The zero-order valence-electron chi connectivity index (χ0n) is 26.5. The van der Waals surface area contributed by atoms with Crippen LogP contribution in [0, 0.1) is 0 Å². The van der Waals surface area contributed by atoms with E-state index in [1.807, 2.05) is 17.4 Å². The monoisotopic (exact) mass is 643 g/mol. The maximum absolute atomic E-state index is 6.37. The molecule has 0 bridgehead atoms. The van der Waals surface area contributed by atoms with Gasteiger partial charge in [0.1, 0.15) is 11.2 Å². The Hall–Kier alpha value is -6.16. The van der Waals surface area contributed by atoms with E-state index in [4.69, 9.17) is 4.42 Å². The molecule has 0 saturated heterocycles. The molecular formula is C46H29NOS. The van der Waals surface area contributed by atoms with Crippen molar-refractivity contribution in [3.05, 3.63) is 176 Å². The van der Waals surface area contributed by atoms with Crippen LogP contribution in [0.5, 0.6) is 0 Å². The van der Waals surface area contributed by atoms with Gasteiger partial charge < -0.3 is 9.32 Å². The molecule has 10 aromatic rings. The van der Waals surface area contributed by atoms with Gasteiger partial charge in [-0.05, 0) is 93.7 Å². The van der Waals surface area contributed by atoms with Crippen molar-refractivity contribution < 1.29 is 4.42 Å². The first-order chi connectivity index (χ1) is 24.3. The van der Waals surface area contributed by atoms with Crippen molar-refractivity contribution in [2.45, 2.75) is 0 Å². The summed E-state index contributed by atoms with van der Waals surface area (Å²) in [5.41, 5.74) is 9.87. The van der Waals surface area contributed by atoms with Crippen LogP contribution in [-0.4, -0.2) is 0 Å². The van der Waals surface area contributed by atoms with Gasteiger partial charge in [0.25, 0.3) is 0 Å². The molecule has 0 N–H and O–H groups in total. The fourth-order valence-corrected chi connectivity index (χ4v) is 8.49. The summed E-state index contributed by atoms with van der Waals surface area (Å²) in [7, 11) is 0. The number of hydrogen-bond donors (Lipinski definition) is 0. The molecule has 0 aliphatic rings. The topological polar surface area (TPSA) is 16.4 Å². The molecule has 0 amide bonds. The molecule has 0 unspecified atom stereocenters. The number of furan rings is 1. The van der Waals surface area contributed by atoms with Crippen LogP contribution >= 0.6 is 11.3 Å². The van der Waals surface area contributed by atoms with Crippen molar-refractivity contribution in [3.8, 4) is 22.3 Å². The van der Waals surface area contributed by atoms with Gasteiger partial charge in [0.15, 0.2) is 0 Å². The Labute approximate surface area is 287 Å². The van der Waals surface area contributed by atoms with E-state index < -0.39 is 0 Å². The van der Waals surface area contributed by atoms with Gasteiger partial charge in [0, 0.05) is 36.9 Å². The summed E-state index contributed by atoms with van der Waals surface area (Å²) in [6.07, 6.45) is 0. The molecule has 0 atom stereocenters. The lowest BCUT2D eigenvalue weighted by Gasteiger charge is -2.27. The van der Waals surface area contributed by atoms with Gasteiger partial charge in [0.05, 0.1) is 11.1 Å². The molecular weight excluding hydrogens is 615 g/mol. The SMILES string of the molecule is c1ccc(-c2ccccc2-c2ccc(N(c3ccc4cc5sc6ccccc6c5cc4c3)c3cccc4oc5ccccc5c34)cc2)cc1. The average molecular weight is 644 g/mol. The van der Waals surface area contributed by atoms with Crippen molar-refractivity contribution in [3.63, 3.8) is 0 Å². The molecule has 0 aliphatic carbocycles. The maximum atomic E-state index is 6.37. The molecule has 0 aliphatic heterocycles. The second-order valence-corrected chi connectivity index (χ2v) is 13.6. The minimum atomic E-state index is 0.879. The Morgan fingerprint density at radius 2 is 1.08 bits per heavy atom. The second-order valence-electron chi connectivity index (χ2n) is 12.5. The molecule has 49 heavy (non-hydrogen) atoms. The molecule has 8 aromatic carbocycles. The highest BCUT2D eigenvalue weighted by atomic mass is 32.1. The quantitative estimate of drug-likeness (QED) is 0.186. The number of nitrogens with zero attached hydrogens (tertiary/aromatic N) is 1. The normalized spacial score (nSPS) is 11.7. The van der Waals surface area contributed by atoms with Crippen LogP contribution in [-0.2, 0) is 0 Å². The van der Waals surface area contributed by atoms with E-state index in [2.05, 4.69) is 175 Å². The number of fused-ring (bicyclic) bond motifs is 7. The number of anilines is 3. The lowest BCUT2D eigenvalue weighted by atomic mass is 9.94. The second kappa shape index (κ2) is 11.2. The van der Waals surface area contributed by atoms with Crippen LogP contribution in [0.1, 0.15) is 0 Å². The summed E-state index contributed by atoms with van der Waals surface area (Å²) >= 11 is 1.86. The molecule has 10 rings (SSSR count). The zero-order valence-corrected chi connectivity index (χ0v) is 27.3. The predicted molar refractivity (Wildman–Crippen MR) is 210 cm³/mol. The van der Waals surface area contributed by atoms with E-state index in [0.29, 0.717) is 0 Å². The van der Waals surface area contributed by atoms with E-state index in [-0.39, 0.29) is 0 Å². The number of thiophene rings is 1. The number of benzene rings is 8. The van der Waals surface area contributed by atoms with Crippen molar-refractivity contribution in [1.29, 1.82) is 0 Å². The summed E-state index contributed by atoms with van der Waals surface area (Å²) in [6.45, 7) is 0. The standard InChI is InChI=1S/C46H29NOS/c1-2-11-30(12-3-1)36-13-4-5-14-37(36)31-21-24-34(25-22-31)47(41-17-10-19-43-46(41)39-16-6-8-18-42(39)48-43)35-26-23-32-29-45-40(28-33(32)27-35)38-15-7-9-20-44(38)49-45/h1-29H. The van der Waals surface area contributed by atoms with E-state index in [1.54, 1.807) is 0 Å². The summed E-state index contributed by atoms with van der Waals surface area (Å²) in [4.78, 5) is 2.38. The first-order valence-corrected chi connectivity index (χ1v) is 17.4. The third kappa shape index (κ3) is 4.62. The highest BCUT2D eigenvalue weighted by Crippen LogP contribution is 2.45. The Balaban J connectivity index is 1.17. The van der Waals surface area contributed by atoms with E-state index in [1.165, 1.54) is 53.2 Å². The van der Waals surface area contributed by atoms with Crippen molar-refractivity contribution in [2.75, 3.05) is 4.90 Å². The molecule has 2 aromatic heterocycles. The molecule has 230 valence electrons. The van der Waals surface area contributed by atoms with E-state index in [0.717, 1.165) is 39.0 Å². The Morgan fingerprint density at radius 1 is 0.408 bits per heavy atom. The number of hydrogen-bond acceptors (Lipinski definition) is 3. The average Bonchev–Trinajstić information content (AvgIpc) is 3.73. The molecule has 0 fully saturated rings. The minimum Gasteiger partial charge on any atom is -0.456 e. The smallest absolute Gasteiger partial charge is 0.137 e. The lowest BCUT2D eigenvalue weighted by molar-refractivity contribution is 0.669. The van der Waals surface area contributed by atoms with Crippen LogP contribution in [0.3, 0.4) is 0 Å². The maximum Gasteiger partial charge on any atom is 0.137 e. The third-order valence-corrected chi connectivity index (χ3v) is 10.8. The molecule has 2 nitrogen and oxygen atoms in total. The molecule has 0 radical (unpaired) electrons. The highest BCUT2D eigenvalue weighted by molar-refractivity contribution is 7.25. The fraction of sp³-hybridized carbons (Fsp3) is 0. The number of rotatable bonds is 5. The lowest BCUT2D eigenvalue weighted by Crippen LogP contribution is -2.10. The summed E-state index contributed by atoms with van der Waals surface area (Å²) in [5, 5.41) is 7.29. The summed E-state index contributed by atoms with van der Waals surface area (Å²) < 4.78 is 9.01. The van der Waals surface area contributed by atoms with Crippen LogP contribution in [0.15, 0.2) is 180 Å². The van der Waals surface area contributed by atoms with E-state index in [9.17, 15) is 0 Å². The molecule has 3 heteroatoms. The zero-order chi connectivity index (χ0) is 32.3. The molecule has 0 saturated carbocycles. The Bertz CT molecular complexity index is 2830. The molecule has 0 spiro atoms. The van der Waals surface area contributed by atoms with Gasteiger partial charge in [0.2, 0.25) is 0 Å². The van der Waals surface area contributed by atoms with E-state index >= 15 is 0 Å². The Kier molecular flexibility index (Phi) is 6.39. The largest absolute Gasteiger partial charge is 0.456 e. The summed E-state index contributed by atoms with van der Waals surface area (Å²) in [6, 6.07) is 63.2. The highest BCUT2D eigenvalue weighted by Gasteiger charge is 2.20.